The number of carbonyl (C=O) groups excluding carboxylic acids is 1. The summed E-state index contributed by atoms with van der Waals surface area (Å²) in [6, 6.07) is 18.3. The molecule has 0 saturated heterocycles. The average molecular weight is 472 g/mol. The number of fused-ring (bicyclic) bond motifs is 1. The minimum Gasteiger partial charge on any atom is -0.348 e. The Hall–Kier alpha value is -3.91. The molecule has 0 fully saturated rings. The Bertz CT molecular complexity index is 1440. The average Bonchev–Trinajstić information content (AvgIpc) is 3.47. The third-order valence-corrected chi connectivity index (χ3v) is 6.58. The van der Waals surface area contributed by atoms with Crippen LogP contribution in [0.25, 0.3) is 11.3 Å². The van der Waals surface area contributed by atoms with Gasteiger partial charge < -0.3 is 14.3 Å². The first-order chi connectivity index (χ1) is 16.6. The van der Waals surface area contributed by atoms with Crippen molar-refractivity contribution < 1.29 is 9.18 Å². The van der Waals surface area contributed by atoms with Gasteiger partial charge in [-0.3, -0.25) is 4.79 Å². The monoisotopic (exact) mass is 471 g/mol. The Labute approximate surface area is 200 Å². The maximum atomic E-state index is 14.7. The molecule has 34 heavy (non-hydrogen) atoms. The van der Waals surface area contributed by atoms with E-state index in [1.165, 1.54) is 6.07 Å². The molecule has 3 aromatic heterocycles. The van der Waals surface area contributed by atoms with E-state index in [4.69, 9.17) is 0 Å². The molecule has 0 unspecified atom stereocenters. The van der Waals surface area contributed by atoms with E-state index in [2.05, 4.69) is 15.3 Å². The second-order valence-corrected chi connectivity index (χ2v) is 8.81. The third-order valence-electron chi connectivity index (χ3n) is 5.47. The standard InChI is InChI=1S/C26H22FN5OS/c1-18-28-11-13-32(18)23-10-9-19(14-22(23)27)15-29-26(33)21-6-2-3-7-24(21)34-17-20-16-31-12-5-4-8-25(31)30-20/h2-14,16H,15,17H2,1H3,(H,29,33). The summed E-state index contributed by atoms with van der Waals surface area (Å²) in [7, 11) is 0. The molecule has 0 radical (unpaired) electrons. The van der Waals surface area contributed by atoms with Gasteiger partial charge in [0.05, 0.1) is 16.9 Å². The van der Waals surface area contributed by atoms with Crippen LogP contribution in [0, 0.1) is 12.7 Å². The highest BCUT2D eigenvalue weighted by Crippen LogP contribution is 2.26. The van der Waals surface area contributed by atoms with Gasteiger partial charge in [0, 0.05) is 42.0 Å². The molecule has 6 nitrogen and oxygen atoms in total. The van der Waals surface area contributed by atoms with Crippen molar-refractivity contribution in [2.75, 3.05) is 0 Å². The van der Waals surface area contributed by atoms with Crippen LogP contribution in [0.2, 0.25) is 0 Å². The van der Waals surface area contributed by atoms with E-state index >= 15 is 0 Å². The predicted molar refractivity (Wildman–Crippen MR) is 131 cm³/mol. The van der Waals surface area contributed by atoms with E-state index in [1.807, 2.05) is 66.2 Å². The number of halogens is 1. The second kappa shape index (κ2) is 9.52. The van der Waals surface area contributed by atoms with E-state index in [-0.39, 0.29) is 18.3 Å². The number of imidazole rings is 2. The lowest BCUT2D eigenvalue weighted by atomic mass is 10.1. The molecule has 0 aliphatic rings. The van der Waals surface area contributed by atoms with Gasteiger partial charge in [0.25, 0.3) is 5.91 Å². The van der Waals surface area contributed by atoms with E-state index in [1.54, 1.807) is 40.9 Å². The molecule has 5 aromatic rings. The number of thioether (sulfide) groups is 1. The number of nitrogens with one attached hydrogen (secondary N) is 1. The molecule has 8 heteroatoms. The van der Waals surface area contributed by atoms with Gasteiger partial charge in [0.1, 0.15) is 17.3 Å². The van der Waals surface area contributed by atoms with Crippen LogP contribution >= 0.6 is 11.8 Å². The van der Waals surface area contributed by atoms with Crippen LogP contribution in [0.1, 0.15) is 27.4 Å². The molecule has 0 saturated carbocycles. The summed E-state index contributed by atoms with van der Waals surface area (Å²) in [6.07, 6.45) is 7.31. The first kappa shape index (κ1) is 21.9. The number of carbonyl (C=O) groups is 1. The van der Waals surface area contributed by atoms with Crippen LogP contribution in [0.3, 0.4) is 0 Å². The summed E-state index contributed by atoms with van der Waals surface area (Å²) in [4.78, 5) is 22.5. The minimum atomic E-state index is -0.365. The van der Waals surface area contributed by atoms with Crippen LogP contribution in [0.5, 0.6) is 0 Å². The van der Waals surface area contributed by atoms with Crippen molar-refractivity contribution in [3.05, 3.63) is 114 Å². The molecule has 5 rings (SSSR count). The zero-order chi connectivity index (χ0) is 23.5. The van der Waals surface area contributed by atoms with Gasteiger partial charge in [0.15, 0.2) is 0 Å². The van der Waals surface area contributed by atoms with Crippen molar-refractivity contribution in [1.29, 1.82) is 0 Å². The number of nitrogens with zero attached hydrogens (tertiary/aromatic N) is 4. The fourth-order valence-corrected chi connectivity index (χ4v) is 4.69. The summed E-state index contributed by atoms with van der Waals surface area (Å²) in [5.74, 6) is 0.786. The van der Waals surface area contributed by atoms with Gasteiger partial charge in [0.2, 0.25) is 0 Å². The first-order valence-corrected chi connectivity index (χ1v) is 11.8. The van der Waals surface area contributed by atoms with Gasteiger partial charge >= 0.3 is 0 Å². The number of hydrogen-bond acceptors (Lipinski definition) is 4. The van der Waals surface area contributed by atoms with Gasteiger partial charge in [-0.1, -0.05) is 24.3 Å². The van der Waals surface area contributed by atoms with Crippen LogP contribution in [-0.4, -0.2) is 24.8 Å². The molecular weight excluding hydrogens is 449 g/mol. The number of benzene rings is 2. The zero-order valence-electron chi connectivity index (χ0n) is 18.5. The predicted octanol–water partition coefficient (Wildman–Crippen LogP) is 5.19. The Morgan fingerprint density at radius 2 is 1.94 bits per heavy atom. The Kier molecular flexibility index (Phi) is 6.14. The minimum absolute atomic E-state index is 0.201. The van der Waals surface area contributed by atoms with Gasteiger partial charge in [-0.2, -0.15) is 0 Å². The second-order valence-electron chi connectivity index (χ2n) is 7.80. The van der Waals surface area contributed by atoms with Gasteiger partial charge in [-0.05, 0) is 48.9 Å². The fourth-order valence-electron chi connectivity index (χ4n) is 3.75. The number of pyridine rings is 1. The largest absolute Gasteiger partial charge is 0.348 e. The SMILES string of the molecule is Cc1nccn1-c1ccc(CNC(=O)c2ccccc2SCc2cn3ccccc3n2)cc1F. The summed E-state index contributed by atoms with van der Waals surface area (Å²) >= 11 is 1.56. The Balaban J connectivity index is 1.25. The number of rotatable bonds is 7. The number of hydrogen-bond donors (Lipinski definition) is 1. The molecule has 0 atom stereocenters. The number of amides is 1. The van der Waals surface area contributed by atoms with Crippen LogP contribution < -0.4 is 5.32 Å². The number of aromatic nitrogens is 4. The maximum absolute atomic E-state index is 14.7. The smallest absolute Gasteiger partial charge is 0.252 e. The quantitative estimate of drug-likeness (QED) is 0.332. The topological polar surface area (TPSA) is 64.2 Å². The lowest BCUT2D eigenvalue weighted by Crippen LogP contribution is -2.23. The Morgan fingerprint density at radius 3 is 2.74 bits per heavy atom. The van der Waals surface area contributed by atoms with Gasteiger partial charge in [-0.25, -0.2) is 14.4 Å². The van der Waals surface area contributed by atoms with Crippen molar-refractivity contribution in [3.8, 4) is 5.69 Å². The third kappa shape index (κ3) is 4.58. The van der Waals surface area contributed by atoms with E-state index in [9.17, 15) is 9.18 Å². The van der Waals surface area contributed by atoms with Crippen molar-refractivity contribution in [3.63, 3.8) is 0 Å². The molecule has 2 aromatic carbocycles. The molecule has 3 heterocycles. The summed E-state index contributed by atoms with van der Waals surface area (Å²) in [5.41, 5.74) is 3.53. The number of aryl methyl sites for hydroxylation is 1. The van der Waals surface area contributed by atoms with Crippen LogP contribution in [0.15, 0.2) is 90.3 Å². The highest BCUT2D eigenvalue weighted by Gasteiger charge is 2.13. The lowest BCUT2D eigenvalue weighted by Gasteiger charge is -2.11. The summed E-state index contributed by atoms with van der Waals surface area (Å²) in [5, 5.41) is 2.91. The highest BCUT2D eigenvalue weighted by atomic mass is 32.2. The summed E-state index contributed by atoms with van der Waals surface area (Å²) < 4.78 is 18.3. The van der Waals surface area contributed by atoms with Crippen molar-refractivity contribution in [2.45, 2.75) is 24.1 Å². The summed E-state index contributed by atoms with van der Waals surface area (Å²) in [6.45, 7) is 2.04. The van der Waals surface area contributed by atoms with Crippen molar-refractivity contribution in [1.82, 2.24) is 24.3 Å². The van der Waals surface area contributed by atoms with Crippen LogP contribution in [0.4, 0.5) is 4.39 Å². The van der Waals surface area contributed by atoms with Crippen molar-refractivity contribution in [2.24, 2.45) is 0 Å². The van der Waals surface area contributed by atoms with Gasteiger partial charge in [-0.15, -0.1) is 11.8 Å². The molecule has 0 aliphatic heterocycles. The normalized spacial score (nSPS) is 11.1. The molecule has 0 aliphatic carbocycles. The lowest BCUT2D eigenvalue weighted by molar-refractivity contribution is 0.0948. The fraction of sp³-hybridized carbons (Fsp3) is 0.115. The van der Waals surface area contributed by atoms with Crippen LogP contribution in [-0.2, 0) is 12.3 Å². The first-order valence-electron chi connectivity index (χ1n) is 10.8. The molecular formula is C26H22FN5OS. The van der Waals surface area contributed by atoms with Crippen molar-refractivity contribution >= 4 is 23.3 Å². The molecule has 170 valence electrons. The van der Waals surface area contributed by atoms with E-state index in [0.717, 1.165) is 16.2 Å². The van der Waals surface area contributed by atoms with E-state index < -0.39 is 0 Å². The zero-order valence-corrected chi connectivity index (χ0v) is 19.3. The molecule has 0 spiro atoms. The molecule has 1 amide bonds. The van der Waals surface area contributed by atoms with E-state index in [0.29, 0.717) is 28.4 Å². The Morgan fingerprint density at radius 1 is 1.09 bits per heavy atom. The molecule has 0 bridgehead atoms. The highest BCUT2D eigenvalue weighted by molar-refractivity contribution is 7.98. The molecule has 1 N–H and O–H groups in total. The maximum Gasteiger partial charge on any atom is 0.252 e.